The van der Waals surface area contributed by atoms with E-state index in [9.17, 15) is 24.3 Å². The van der Waals surface area contributed by atoms with Gasteiger partial charge in [-0.15, -0.1) is 0 Å². The van der Waals surface area contributed by atoms with Gasteiger partial charge in [0.05, 0.1) is 27.4 Å². The van der Waals surface area contributed by atoms with Crippen molar-refractivity contribution >= 4 is 52.6 Å². The second-order valence-electron chi connectivity index (χ2n) is 15.0. The predicted octanol–water partition coefficient (Wildman–Crippen LogP) is 8.05. The van der Waals surface area contributed by atoms with Crippen molar-refractivity contribution in [2.24, 2.45) is 5.92 Å². The Bertz CT molecular complexity index is 2480. The second-order valence-corrected chi connectivity index (χ2v) is 15.8. The first-order chi connectivity index (χ1) is 28.5. The molecule has 2 aliphatic heterocycles. The topological polar surface area (TPSA) is 158 Å². The molecule has 0 spiro atoms. The summed E-state index contributed by atoms with van der Waals surface area (Å²) in [7, 11) is 0. The number of fused-ring (bicyclic) bond motifs is 2. The number of nitrogens with zero attached hydrogens (tertiary/aromatic N) is 2. The Morgan fingerprint density at radius 3 is 2.24 bits per heavy atom. The highest BCUT2D eigenvalue weighted by Crippen LogP contribution is 2.41. The van der Waals surface area contributed by atoms with Crippen LogP contribution in [0.2, 0.25) is 10.0 Å². The van der Waals surface area contributed by atoms with E-state index in [1.165, 1.54) is 0 Å². The molecular formula is C46H38Cl2N4O7. The van der Waals surface area contributed by atoms with Gasteiger partial charge >= 0.3 is 5.97 Å². The molecule has 3 atom stereocenters. The molecule has 1 unspecified atom stereocenters. The molecule has 1 fully saturated rings. The van der Waals surface area contributed by atoms with E-state index in [0.29, 0.717) is 43.9 Å². The lowest BCUT2D eigenvalue weighted by molar-refractivity contribution is -0.148. The summed E-state index contributed by atoms with van der Waals surface area (Å²) in [4.78, 5) is 55.4. The van der Waals surface area contributed by atoms with Crippen LogP contribution < -0.4 is 20.1 Å². The average molecular weight is 830 g/mol. The van der Waals surface area contributed by atoms with E-state index in [1.54, 1.807) is 59.5 Å². The Balaban J connectivity index is 0.964. The van der Waals surface area contributed by atoms with Gasteiger partial charge in [0, 0.05) is 30.9 Å². The molecule has 3 aliphatic rings. The molecule has 11 nitrogen and oxygen atoms in total. The molecule has 13 heteroatoms. The highest BCUT2D eigenvalue weighted by molar-refractivity contribution is 6.42. The van der Waals surface area contributed by atoms with Gasteiger partial charge in [0.15, 0.2) is 0 Å². The normalized spacial score (nSPS) is 17.5. The number of benzene rings is 5. The van der Waals surface area contributed by atoms with Crippen molar-refractivity contribution in [1.29, 1.82) is 5.26 Å². The zero-order chi connectivity index (χ0) is 41.2. The number of aliphatic carboxylic acids is 1. The molecule has 3 N–H and O–H groups in total. The van der Waals surface area contributed by atoms with Crippen LogP contribution in [0.1, 0.15) is 58.7 Å². The lowest BCUT2D eigenvalue weighted by Gasteiger charge is -2.40. The lowest BCUT2D eigenvalue weighted by Crippen LogP contribution is -2.57. The highest BCUT2D eigenvalue weighted by atomic mass is 35.5. The molecular weight excluding hydrogens is 791 g/mol. The van der Waals surface area contributed by atoms with E-state index >= 15 is 0 Å². The summed E-state index contributed by atoms with van der Waals surface area (Å²) in [5, 5.41) is 25.9. The van der Waals surface area contributed by atoms with Crippen molar-refractivity contribution in [3.05, 3.63) is 147 Å². The fourth-order valence-electron chi connectivity index (χ4n) is 7.57. The third kappa shape index (κ3) is 8.60. The number of carbonyl (C=O) groups excluding carboxylic acids is 3. The van der Waals surface area contributed by atoms with Gasteiger partial charge in [-0.3, -0.25) is 14.4 Å². The number of hydrogen-bond acceptors (Lipinski definition) is 7. The number of ether oxygens (including phenoxy) is 2. The summed E-state index contributed by atoms with van der Waals surface area (Å²) in [5.74, 6) is -1.45. The van der Waals surface area contributed by atoms with Gasteiger partial charge < -0.3 is 30.1 Å². The number of nitrogens with one attached hydrogen (secondary N) is 2. The van der Waals surface area contributed by atoms with Crippen LogP contribution in [-0.2, 0) is 45.2 Å². The lowest BCUT2D eigenvalue weighted by atomic mass is 9.82. The van der Waals surface area contributed by atoms with Gasteiger partial charge in [0.2, 0.25) is 17.9 Å². The van der Waals surface area contributed by atoms with Crippen molar-refractivity contribution in [3.63, 3.8) is 0 Å². The summed E-state index contributed by atoms with van der Waals surface area (Å²) in [6.45, 7) is 0.396. The van der Waals surface area contributed by atoms with Crippen molar-refractivity contribution in [3.8, 4) is 28.7 Å². The minimum absolute atomic E-state index is 0.0289. The van der Waals surface area contributed by atoms with E-state index in [1.807, 2.05) is 48.5 Å². The molecule has 0 saturated heterocycles. The molecule has 1 aliphatic carbocycles. The van der Waals surface area contributed by atoms with Gasteiger partial charge in [-0.05, 0) is 94.8 Å². The van der Waals surface area contributed by atoms with Crippen molar-refractivity contribution in [2.75, 3.05) is 5.32 Å². The maximum atomic E-state index is 14.0. The fraction of sp³-hybridized carbons (Fsp3) is 0.239. The number of hydrogen-bond donors (Lipinski definition) is 3. The third-order valence-electron chi connectivity index (χ3n) is 11.1. The zero-order valence-electron chi connectivity index (χ0n) is 31.6. The van der Waals surface area contributed by atoms with Gasteiger partial charge in [0.25, 0.3) is 5.91 Å². The predicted molar refractivity (Wildman–Crippen MR) is 221 cm³/mol. The SMILES string of the molecule is N#Cc1ccc(-c2ccc(CC(NC(=O)[C@@H]3Cc4cc5c(cc4CN3C(=O)C3CCC3)O[C@@H](c3ccc(OCc4ccc(Cl)c(Cl)c4)cc3)C(=O)N5)C(=O)O)cc2)cc1. The first-order valence-corrected chi connectivity index (χ1v) is 20.0. The molecule has 5 aromatic rings. The van der Waals surface area contributed by atoms with Gasteiger partial charge in [0.1, 0.15) is 30.2 Å². The van der Waals surface area contributed by atoms with Crippen LogP contribution in [0, 0.1) is 17.2 Å². The molecule has 8 rings (SSSR count). The number of nitriles is 1. The number of halogens is 2. The third-order valence-corrected chi connectivity index (χ3v) is 11.9. The molecule has 0 bridgehead atoms. The number of amides is 3. The average Bonchev–Trinajstić information content (AvgIpc) is 3.22. The number of carboxylic acids is 1. The Hall–Kier alpha value is -6.35. The quantitative estimate of drug-likeness (QED) is 0.121. The van der Waals surface area contributed by atoms with E-state index in [-0.39, 0.29) is 43.7 Å². The van der Waals surface area contributed by atoms with E-state index < -0.39 is 30.1 Å². The highest BCUT2D eigenvalue weighted by Gasteiger charge is 2.41. The monoisotopic (exact) mass is 828 g/mol. The van der Waals surface area contributed by atoms with Crippen LogP contribution in [0.3, 0.4) is 0 Å². The first-order valence-electron chi connectivity index (χ1n) is 19.3. The van der Waals surface area contributed by atoms with Crippen LogP contribution >= 0.6 is 23.2 Å². The van der Waals surface area contributed by atoms with E-state index in [2.05, 4.69) is 16.7 Å². The Labute approximate surface area is 350 Å². The first kappa shape index (κ1) is 39.5. The number of carbonyl (C=O) groups is 4. The van der Waals surface area contributed by atoms with Gasteiger partial charge in [-0.25, -0.2) is 4.79 Å². The van der Waals surface area contributed by atoms with Gasteiger partial charge in [-0.2, -0.15) is 5.26 Å². The van der Waals surface area contributed by atoms with Crippen molar-refractivity contribution < 1.29 is 33.8 Å². The second kappa shape index (κ2) is 16.9. The number of carboxylic acid groups (broad SMARTS) is 1. The summed E-state index contributed by atoms with van der Waals surface area (Å²) in [6, 6.07) is 30.3. The van der Waals surface area contributed by atoms with Crippen LogP contribution in [0.5, 0.6) is 11.5 Å². The molecule has 59 heavy (non-hydrogen) atoms. The van der Waals surface area contributed by atoms with Crippen LogP contribution in [0.4, 0.5) is 5.69 Å². The Morgan fingerprint density at radius 1 is 0.898 bits per heavy atom. The van der Waals surface area contributed by atoms with Crippen molar-refractivity contribution in [1.82, 2.24) is 10.2 Å². The fourth-order valence-corrected chi connectivity index (χ4v) is 7.89. The molecule has 1 saturated carbocycles. The molecule has 0 aromatic heterocycles. The maximum Gasteiger partial charge on any atom is 0.326 e. The van der Waals surface area contributed by atoms with Crippen LogP contribution in [0.25, 0.3) is 11.1 Å². The zero-order valence-corrected chi connectivity index (χ0v) is 33.1. The van der Waals surface area contributed by atoms with E-state index in [0.717, 1.165) is 47.1 Å². The number of anilines is 1. The van der Waals surface area contributed by atoms with Crippen molar-refractivity contribution in [2.45, 2.75) is 63.4 Å². The van der Waals surface area contributed by atoms with Gasteiger partial charge in [-0.1, -0.05) is 84.2 Å². The molecule has 5 aromatic carbocycles. The minimum atomic E-state index is -1.25. The summed E-state index contributed by atoms with van der Waals surface area (Å²) in [6.07, 6.45) is 1.60. The Kier molecular flexibility index (Phi) is 11.3. The molecule has 298 valence electrons. The van der Waals surface area contributed by atoms with Crippen LogP contribution in [-0.4, -0.2) is 45.8 Å². The number of rotatable bonds is 11. The molecule has 0 radical (unpaired) electrons. The van der Waals surface area contributed by atoms with E-state index in [4.69, 9.17) is 37.9 Å². The molecule has 2 heterocycles. The summed E-state index contributed by atoms with van der Waals surface area (Å²) in [5.41, 5.74) is 6.50. The standard InChI is InChI=1S/C46H38Cl2N4O7/c47-36-17-8-28(18-37(36)48)25-58-35-15-13-31(14-16-35)42-44(54)50-38-20-33-21-40(52(45(55)32-2-1-3-32)24-34(33)22-41(38)59-42)43(53)51-39(46(56)57)19-26-4-9-29(10-5-26)30-11-6-27(23-49)7-12-30/h4-18,20,22,32,39-40,42H,1-3,19,21,24-25H2,(H,50,54)(H,51,53)(H,56,57)/t39?,40-,42-/m0/s1. The summed E-state index contributed by atoms with van der Waals surface area (Å²) >= 11 is 12.1. The Morgan fingerprint density at radius 2 is 1.59 bits per heavy atom. The minimum Gasteiger partial charge on any atom is -0.489 e. The maximum absolute atomic E-state index is 14.0. The molecule has 3 amide bonds. The largest absolute Gasteiger partial charge is 0.489 e. The summed E-state index contributed by atoms with van der Waals surface area (Å²) < 4.78 is 12.2. The smallest absolute Gasteiger partial charge is 0.326 e. The van der Waals surface area contributed by atoms with Crippen LogP contribution in [0.15, 0.2) is 103 Å².